The van der Waals surface area contributed by atoms with Crippen LogP contribution in [0.1, 0.15) is 12.8 Å². The number of ether oxygens (including phenoxy) is 2. The second-order valence-electron chi connectivity index (χ2n) is 8.19. The van der Waals surface area contributed by atoms with E-state index in [2.05, 4.69) is 20.5 Å². The maximum absolute atomic E-state index is 13.2. The smallest absolute Gasteiger partial charge is 0.243 e. The third-order valence-electron chi connectivity index (χ3n) is 5.89. The van der Waals surface area contributed by atoms with Crippen molar-refractivity contribution in [3.8, 4) is 22.9 Å². The van der Waals surface area contributed by atoms with Gasteiger partial charge in [-0.2, -0.15) is 4.31 Å². The van der Waals surface area contributed by atoms with Crippen LogP contribution in [0.3, 0.4) is 0 Å². The minimum absolute atomic E-state index is 0.110. The molecule has 0 bridgehead atoms. The lowest BCUT2D eigenvalue weighted by Gasteiger charge is -2.31. The number of carbonyl (C=O) groups excluding carboxylic acids is 1. The third kappa shape index (κ3) is 6.00. The highest BCUT2D eigenvalue weighted by Gasteiger charge is 2.33. The third-order valence-corrected chi connectivity index (χ3v) is 8.60. The van der Waals surface area contributed by atoms with E-state index in [-0.39, 0.29) is 17.3 Å². The fraction of sp³-hybridized carbons (Fsp3) is 0.375. The largest absolute Gasteiger partial charge is 0.493 e. The van der Waals surface area contributed by atoms with Crippen molar-refractivity contribution in [3.05, 3.63) is 48.5 Å². The summed E-state index contributed by atoms with van der Waals surface area (Å²) in [4.78, 5) is 17.4. The molecule has 1 aliphatic heterocycles. The number of rotatable bonds is 10. The number of thioether (sulfide) groups is 1. The number of sulfonamides is 1. The molecular weight excluding hydrogens is 502 g/mol. The number of aromatic amines is 1. The van der Waals surface area contributed by atoms with E-state index in [9.17, 15) is 13.2 Å². The first-order valence-electron chi connectivity index (χ1n) is 11.5. The maximum atomic E-state index is 13.2. The number of amides is 1. The second-order valence-corrected chi connectivity index (χ2v) is 11.2. The average molecular weight is 532 g/mol. The van der Waals surface area contributed by atoms with Gasteiger partial charge in [0, 0.05) is 37.0 Å². The first kappa shape index (κ1) is 26.0. The van der Waals surface area contributed by atoms with Gasteiger partial charge in [-0.1, -0.05) is 42.1 Å². The highest BCUT2D eigenvalue weighted by atomic mass is 32.2. The Labute approximate surface area is 214 Å². The number of hydrogen-bond donors (Lipinski definition) is 2. The highest BCUT2D eigenvalue weighted by molar-refractivity contribution is 7.99. The Morgan fingerprint density at radius 1 is 1.17 bits per heavy atom. The van der Waals surface area contributed by atoms with E-state index in [0.29, 0.717) is 54.2 Å². The summed E-state index contributed by atoms with van der Waals surface area (Å²) in [7, 11) is -0.826. The van der Waals surface area contributed by atoms with Crippen LogP contribution in [0.5, 0.6) is 11.5 Å². The molecular formula is C24H29N5O5S2. The molecule has 0 spiro atoms. The molecule has 1 aliphatic rings. The molecule has 1 atom stereocenters. The molecule has 2 N–H and O–H groups in total. The molecule has 3 aromatic rings. The van der Waals surface area contributed by atoms with E-state index in [1.165, 1.54) is 42.4 Å². The quantitative estimate of drug-likeness (QED) is 0.302. The van der Waals surface area contributed by atoms with E-state index < -0.39 is 15.9 Å². The zero-order valence-electron chi connectivity index (χ0n) is 20.1. The molecule has 1 amide bonds. The molecule has 36 heavy (non-hydrogen) atoms. The van der Waals surface area contributed by atoms with Gasteiger partial charge in [-0.25, -0.2) is 13.4 Å². The number of nitrogens with one attached hydrogen (secondary N) is 2. The average Bonchev–Trinajstić information content (AvgIpc) is 3.40. The van der Waals surface area contributed by atoms with E-state index in [1.54, 1.807) is 6.07 Å². The van der Waals surface area contributed by atoms with Gasteiger partial charge < -0.3 is 14.8 Å². The first-order chi connectivity index (χ1) is 17.4. The molecule has 2 aromatic carbocycles. The van der Waals surface area contributed by atoms with Gasteiger partial charge in [-0.3, -0.25) is 9.89 Å². The Hall–Kier alpha value is -3.09. The van der Waals surface area contributed by atoms with Gasteiger partial charge in [-0.15, -0.1) is 5.10 Å². The fourth-order valence-electron chi connectivity index (χ4n) is 4.00. The summed E-state index contributed by atoms with van der Waals surface area (Å²) in [5.41, 5.74) is 0.954. The van der Waals surface area contributed by atoms with Crippen LogP contribution in [0.4, 0.5) is 0 Å². The number of hydrogen-bond acceptors (Lipinski definition) is 8. The zero-order valence-corrected chi connectivity index (χ0v) is 21.8. The maximum Gasteiger partial charge on any atom is 0.243 e. The summed E-state index contributed by atoms with van der Waals surface area (Å²) < 4.78 is 38.3. The number of methoxy groups -OCH3 is 2. The van der Waals surface area contributed by atoms with Crippen LogP contribution in [-0.4, -0.2) is 73.4 Å². The Bertz CT molecular complexity index is 1280. The second kappa shape index (κ2) is 11.8. The predicted molar refractivity (Wildman–Crippen MR) is 137 cm³/mol. The number of H-pyrrole nitrogens is 1. The lowest BCUT2D eigenvalue weighted by molar-refractivity contribution is -0.125. The molecule has 192 valence electrons. The summed E-state index contributed by atoms with van der Waals surface area (Å²) in [6.07, 6.45) is 1.25. The molecule has 0 unspecified atom stereocenters. The molecule has 1 aromatic heterocycles. The van der Waals surface area contributed by atoms with Gasteiger partial charge in [0.15, 0.2) is 17.3 Å². The number of aromatic nitrogens is 3. The number of nitrogens with zero attached hydrogens (tertiary/aromatic N) is 3. The van der Waals surface area contributed by atoms with E-state index >= 15 is 0 Å². The lowest BCUT2D eigenvalue weighted by atomic mass is 9.99. The monoisotopic (exact) mass is 531 g/mol. The topological polar surface area (TPSA) is 127 Å². The summed E-state index contributed by atoms with van der Waals surface area (Å²) in [6, 6.07) is 14.2. The summed E-state index contributed by atoms with van der Waals surface area (Å²) in [5, 5.41) is 10.7. The lowest BCUT2D eigenvalue weighted by Crippen LogP contribution is -2.45. The summed E-state index contributed by atoms with van der Waals surface area (Å²) >= 11 is 1.44. The highest BCUT2D eigenvalue weighted by Crippen LogP contribution is 2.32. The van der Waals surface area contributed by atoms with Crippen molar-refractivity contribution in [1.29, 1.82) is 0 Å². The Morgan fingerprint density at radius 2 is 1.94 bits per heavy atom. The van der Waals surface area contributed by atoms with Crippen LogP contribution in [0.15, 0.2) is 58.6 Å². The van der Waals surface area contributed by atoms with Gasteiger partial charge in [-0.05, 0) is 25.0 Å². The normalized spacial score (nSPS) is 16.4. The predicted octanol–water partition coefficient (Wildman–Crippen LogP) is 2.80. The van der Waals surface area contributed by atoms with Crippen molar-refractivity contribution < 1.29 is 22.7 Å². The zero-order chi connectivity index (χ0) is 25.5. The van der Waals surface area contributed by atoms with Crippen molar-refractivity contribution in [2.75, 3.05) is 39.6 Å². The van der Waals surface area contributed by atoms with Gasteiger partial charge in [0.25, 0.3) is 0 Å². The van der Waals surface area contributed by atoms with E-state index in [1.807, 2.05) is 30.3 Å². The van der Waals surface area contributed by atoms with Crippen LogP contribution in [0, 0.1) is 5.92 Å². The molecule has 4 rings (SSSR count). The molecule has 0 aliphatic carbocycles. The van der Waals surface area contributed by atoms with Crippen LogP contribution < -0.4 is 14.8 Å². The molecule has 2 heterocycles. The molecule has 10 nitrogen and oxygen atoms in total. The minimum Gasteiger partial charge on any atom is -0.493 e. The van der Waals surface area contributed by atoms with Crippen molar-refractivity contribution in [2.24, 2.45) is 5.92 Å². The van der Waals surface area contributed by atoms with Crippen LogP contribution >= 0.6 is 11.8 Å². The Balaban J connectivity index is 1.29. The van der Waals surface area contributed by atoms with Gasteiger partial charge in [0.2, 0.25) is 21.1 Å². The van der Waals surface area contributed by atoms with Crippen molar-refractivity contribution in [2.45, 2.75) is 22.9 Å². The summed E-state index contributed by atoms with van der Waals surface area (Å²) in [6.45, 7) is 0.930. The SMILES string of the molecule is COc1ccc(S(=O)(=O)N2CCC[C@H](C(=O)NCCSc3n[nH]c(-c4ccccc4)n3)C2)cc1OC. The standard InChI is InChI=1S/C24H29N5O5S2/c1-33-20-11-10-19(15-21(20)34-2)36(31,32)29-13-6-9-18(16-29)23(30)25-12-14-35-24-26-22(27-28-24)17-7-4-3-5-8-17/h3-5,7-8,10-11,15,18H,6,9,12-14,16H2,1-2H3,(H,25,30)(H,26,27,28)/t18-/m0/s1. The molecule has 0 radical (unpaired) electrons. The molecule has 12 heteroatoms. The summed E-state index contributed by atoms with van der Waals surface area (Å²) in [5.74, 6) is 1.52. The number of piperidine rings is 1. The van der Waals surface area contributed by atoms with Crippen molar-refractivity contribution in [1.82, 2.24) is 24.8 Å². The molecule has 1 fully saturated rings. The Kier molecular flexibility index (Phi) is 8.49. The number of benzene rings is 2. The van der Waals surface area contributed by atoms with Gasteiger partial charge >= 0.3 is 0 Å². The first-order valence-corrected chi connectivity index (χ1v) is 14.0. The Morgan fingerprint density at radius 3 is 2.69 bits per heavy atom. The molecule has 0 saturated carbocycles. The fourth-order valence-corrected chi connectivity index (χ4v) is 6.19. The van der Waals surface area contributed by atoms with Crippen LogP contribution in [0.25, 0.3) is 11.4 Å². The van der Waals surface area contributed by atoms with Crippen LogP contribution in [-0.2, 0) is 14.8 Å². The minimum atomic E-state index is -3.77. The van der Waals surface area contributed by atoms with E-state index in [0.717, 1.165) is 5.56 Å². The van der Waals surface area contributed by atoms with E-state index in [4.69, 9.17) is 9.47 Å². The molecule has 1 saturated heterocycles. The van der Waals surface area contributed by atoms with Crippen molar-refractivity contribution in [3.63, 3.8) is 0 Å². The van der Waals surface area contributed by atoms with Crippen LogP contribution in [0.2, 0.25) is 0 Å². The van der Waals surface area contributed by atoms with Crippen molar-refractivity contribution >= 4 is 27.7 Å². The number of carbonyl (C=O) groups is 1. The van der Waals surface area contributed by atoms with Gasteiger partial charge in [0.1, 0.15) is 0 Å². The van der Waals surface area contributed by atoms with Gasteiger partial charge in [0.05, 0.1) is 25.0 Å².